The molecule has 1 aliphatic rings. The van der Waals surface area contributed by atoms with Crippen molar-refractivity contribution in [1.82, 2.24) is 5.32 Å². The maximum absolute atomic E-state index is 13.4. The van der Waals surface area contributed by atoms with Crippen LogP contribution in [-0.4, -0.2) is 45.4 Å². The van der Waals surface area contributed by atoms with Crippen LogP contribution in [0.1, 0.15) is 10.4 Å². The van der Waals surface area contributed by atoms with Crippen molar-refractivity contribution in [1.29, 1.82) is 0 Å². The van der Waals surface area contributed by atoms with Gasteiger partial charge in [-0.05, 0) is 30.3 Å². The van der Waals surface area contributed by atoms with E-state index >= 15 is 0 Å². The van der Waals surface area contributed by atoms with Crippen LogP contribution in [0.3, 0.4) is 0 Å². The van der Waals surface area contributed by atoms with Crippen LogP contribution >= 0.6 is 0 Å². The highest BCUT2D eigenvalue weighted by atomic mass is 19.1. The summed E-state index contributed by atoms with van der Waals surface area (Å²) in [6.07, 6.45) is -1.12. The zero-order valence-electron chi connectivity index (χ0n) is 14.9. The summed E-state index contributed by atoms with van der Waals surface area (Å²) in [4.78, 5) is 25.7. The zero-order chi connectivity index (χ0) is 19.4. The lowest BCUT2D eigenvalue weighted by molar-refractivity contribution is 0.0915. The molecule has 2 aromatic carbocycles. The summed E-state index contributed by atoms with van der Waals surface area (Å²) >= 11 is 0. The first-order valence-electron chi connectivity index (χ1n) is 8.25. The van der Waals surface area contributed by atoms with Gasteiger partial charge in [-0.3, -0.25) is 9.69 Å². The molecule has 0 spiro atoms. The first kappa shape index (κ1) is 18.5. The average Bonchev–Trinajstić information content (AvgIpc) is 3.06. The van der Waals surface area contributed by atoms with Crippen molar-refractivity contribution in [2.45, 2.75) is 6.10 Å². The molecular formula is C19H19FN2O5. The molecule has 1 unspecified atom stereocenters. The topological polar surface area (TPSA) is 77.1 Å². The van der Waals surface area contributed by atoms with Crippen LogP contribution in [0.15, 0.2) is 42.5 Å². The van der Waals surface area contributed by atoms with E-state index in [0.29, 0.717) is 22.7 Å². The van der Waals surface area contributed by atoms with E-state index in [0.717, 1.165) is 0 Å². The van der Waals surface area contributed by atoms with Gasteiger partial charge in [-0.1, -0.05) is 6.07 Å². The molecule has 0 radical (unpaired) electrons. The number of carbonyl (C=O) groups is 2. The van der Waals surface area contributed by atoms with Crippen LogP contribution < -0.4 is 19.7 Å². The van der Waals surface area contributed by atoms with Crippen LogP contribution in [-0.2, 0) is 4.74 Å². The normalized spacial score (nSPS) is 16.0. The number of amides is 2. The summed E-state index contributed by atoms with van der Waals surface area (Å²) in [7, 11) is 2.99. The fourth-order valence-corrected chi connectivity index (χ4v) is 2.73. The summed E-state index contributed by atoms with van der Waals surface area (Å²) in [5, 5.41) is 2.72. The van der Waals surface area contributed by atoms with E-state index in [1.807, 2.05) is 0 Å². The molecule has 8 heteroatoms. The molecule has 1 fully saturated rings. The molecule has 1 N–H and O–H groups in total. The van der Waals surface area contributed by atoms with Gasteiger partial charge in [0, 0.05) is 11.6 Å². The van der Waals surface area contributed by atoms with Gasteiger partial charge in [0.15, 0.2) is 0 Å². The van der Waals surface area contributed by atoms with E-state index in [9.17, 15) is 14.0 Å². The number of nitrogens with one attached hydrogen (secondary N) is 1. The highest BCUT2D eigenvalue weighted by molar-refractivity contribution is 5.95. The van der Waals surface area contributed by atoms with Crippen LogP contribution in [0, 0.1) is 5.82 Å². The van der Waals surface area contributed by atoms with Crippen LogP contribution in [0.25, 0.3) is 0 Å². The summed E-state index contributed by atoms with van der Waals surface area (Å²) in [6, 6.07) is 10.5. The number of carbonyl (C=O) groups excluding carboxylic acids is 2. The number of cyclic esters (lactones) is 1. The fraction of sp³-hybridized carbons (Fsp3) is 0.263. The molecule has 27 heavy (non-hydrogen) atoms. The maximum atomic E-state index is 13.4. The molecule has 0 saturated carbocycles. The second-order valence-corrected chi connectivity index (χ2v) is 5.91. The number of halogens is 1. The minimum atomic E-state index is -0.581. The lowest BCUT2D eigenvalue weighted by Crippen LogP contribution is -2.34. The maximum Gasteiger partial charge on any atom is 0.414 e. The summed E-state index contributed by atoms with van der Waals surface area (Å²) in [6.45, 7) is 0.333. The smallest absolute Gasteiger partial charge is 0.414 e. The van der Waals surface area contributed by atoms with Gasteiger partial charge in [-0.15, -0.1) is 0 Å². The number of ether oxygens (including phenoxy) is 3. The predicted octanol–water partition coefficient (Wildman–Crippen LogP) is 2.60. The Labute approximate surface area is 155 Å². The van der Waals surface area contributed by atoms with Crippen LogP contribution in [0.4, 0.5) is 14.9 Å². The SMILES string of the molecule is COc1cc(OC)cc(C(=O)NCC2CN(c3cccc(F)c3)C(=O)O2)c1. The van der Waals surface area contributed by atoms with Gasteiger partial charge in [0.25, 0.3) is 5.91 Å². The van der Waals surface area contributed by atoms with Gasteiger partial charge in [0.1, 0.15) is 23.4 Å². The van der Waals surface area contributed by atoms with Crippen molar-refractivity contribution in [2.75, 3.05) is 32.2 Å². The Hall–Kier alpha value is -3.29. The van der Waals surface area contributed by atoms with Gasteiger partial charge in [-0.2, -0.15) is 0 Å². The Balaban J connectivity index is 1.62. The second kappa shape index (κ2) is 7.94. The summed E-state index contributed by atoms with van der Waals surface area (Å²) in [5.41, 5.74) is 0.767. The third-order valence-electron chi connectivity index (χ3n) is 4.10. The first-order valence-corrected chi connectivity index (χ1v) is 8.25. The van der Waals surface area contributed by atoms with Crippen molar-refractivity contribution in [3.63, 3.8) is 0 Å². The average molecular weight is 374 g/mol. The van der Waals surface area contributed by atoms with Crippen LogP contribution in [0.5, 0.6) is 11.5 Å². The number of hydrogen-bond donors (Lipinski definition) is 1. The van der Waals surface area contributed by atoms with Crippen LogP contribution in [0.2, 0.25) is 0 Å². The minimum Gasteiger partial charge on any atom is -0.497 e. The van der Waals surface area contributed by atoms with Gasteiger partial charge in [0.2, 0.25) is 0 Å². The van der Waals surface area contributed by atoms with Crippen molar-refractivity contribution in [2.24, 2.45) is 0 Å². The van der Waals surface area contributed by atoms with E-state index in [4.69, 9.17) is 14.2 Å². The quantitative estimate of drug-likeness (QED) is 0.841. The van der Waals surface area contributed by atoms with E-state index in [1.165, 1.54) is 37.3 Å². The Morgan fingerprint density at radius 3 is 2.56 bits per heavy atom. The Morgan fingerprint density at radius 1 is 1.22 bits per heavy atom. The molecule has 7 nitrogen and oxygen atoms in total. The van der Waals surface area contributed by atoms with Crippen molar-refractivity contribution >= 4 is 17.7 Å². The minimum absolute atomic E-state index is 0.121. The monoisotopic (exact) mass is 374 g/mol. The summed E-state index contributed by atoms with van der Waals surface area (Å²) < 4.78 is 28.9. The molecular weight excluding hydrogens is 355 g/mol. The molecule has 0 bridgehead atoms. The highest BCUT2D eigenvalue weighted by Crippen LogP contribution is 2.23. The molecule has 142 valence electrons. The van der Waals surface area contributed by atoms with E-state index in [1.54, 1.807) is 24.3 Å². The van der Waals surface area contributed by atoms with Gasteiger partial charge < -0.3 is 19.5 Å². The van der Waals surface area contributed by atoms with E-state index < -0.39 is 18.0 Å². The largest absolute Gasteiger partial charge is 0.497 e. The third kappa shape index (κ3) is 4.28. The van der Waals surface area contributed by atoms with Gasteiger partial charge in [-0.25, -0.2) is 9.18 Å². The first-order chi connectivity index (χ1) is 13.0. The second-order valence-electron chi connectivity index (χ2n) is 5.91. The Kier molecular flexibility index (Phi) is 5.44. The molecule has 2 amide bonds. The Morgan fingerprint density at radius 2 is 1.93 bits per heavy atom. The zero-order valence-corrected chi connectivity index (χ0v) is 14.9. The molecule has 1 saturated heterocycles. The lowest BCUT2D eigenvalue weighted by Gasteiger charge is -2.13. The van der Waals surface area contributed by atoms with Crippen molar-refractivity contribution in [3.05, 3.63) is 53.8 Å². The van der Waals surface area contributed by atoms with Crippen molar-refractivity contribution in [3.8, 4) is 11.5 Å². The third-order valence-corrected chi connectivity index (χ3v) is 4.10. The number of anilines is 1. The predicted molar refractivity (Wildman–Crippen MR) is 95.9 cm³/mol. The fourth-order valence-electron chi connectivity index (χ4n) is 2.73. The number of methoxy groups -OCH3 is 2. The molecule has 1 atom stereocenters. The van der Waals surface area contributed by atoms with Crippen molar-refractivity contribution < 1.29 is 28.2 Å². The van der Waals surface area contributed by atoms with Gasteiger partial charge >= 0.3 is 6.09 Å². The van der Waals surface area contributed by atoms with Gasteiger partial charge in [0.05, 0.1) is 33.0 Å². The number of hydrogen-bond acceptors (Lipinski definition) is 5. The lowest BCUT2D eigenvalue weighted by atomic mass is 10.2. The molecule has 1 aliphatic heterocycles. The summed E-state index contributed by atoms with van der Waals surface area (Å²) in [5.74, 6) is 0.185. The molecule has 2 aromatic rings. The van der Waals surface area contributed by atoms with E-state index in [-0.39, 0.29) is 19.0 Å². The molecule has 0 aromatic heterocycles. The molecule has 1 heterocycles. The molecule has 3 rings (SSSR count). The molecule has 0 aliphatic carbocycles. The number of rotatable bonds is 6. The Bertz CT molecular complexity index is 835. The number of benzene rings is 2. The number of nitrogens with zero attached hydrogens (tertiary/aromatic N) is 1. The highest BCUT2D eigenvalue weighted by Gasteiger charge is 2.32. The standard InChI is InChI=1S/C19H19FN2O5/c1-25-15-6-12(7-16(9-15)26-2)18(23)21-10-17-11-22(19(24)27-17)14-5-3-4-13(20)8-14/h3-9,17H,10-11H2,1-2H3,(H,21,23). The van der Waals surface area contributed by atoms with E-state index in [2.05, 4.69) is 5.32 Å².